The van der Waals surface area contributed by atoms with E-state index in [1.54, 1.807) is 0 Å². The Bertz CT molecular complexity index is 1390. The maximum absolute atomic E-state index is 9.76. The predicted molar refractivity (Wildman–Crippen MR) is 163 cm³/mol. The molecular formula is C35H40N4O. The SMILES string of the molecule is CCCN(CCC)c1ccc(/C=C/C2=CC(=C/C=C/C3=C(C#N)C(=C(C#N)C#N)OC3(C)C)/CC(C)(C)C2)cc1. The van der Waals surface area contributed by atoms with E-state index in [4.69, 9.17) is 4.74 Å². The summed E-state index contributed by atoms with van der Waals surface area (Å²) in [5, 5.41) is 28.3. The molecule has 0 bridgehead atoms. The van der Waals surface area contributed by atoms with Crippen LogP contribution in [0.25, 0.3) is 6.08 Å². The lowest BCUT2D eigenvalue weighted by atomic mass is 9.75. The standard InChI is InChI=1S/C35H40N4O/c1-7-18-39(19-8-2)30-16-14-26(15-17-30)12-13-28-20-27(21-34(3,4)22-28)10-9-11-32-31(25-38)33(29(23-36)24-37)40-35(32,5)6/h9-17,20H,7-8,18-19,21-22H2,1-6H3/b11-9+,13-12+,27-10-. The van der Waals surface area contributed by atoms with Crippen LogP contribution in [0.15, 0.2) is 88.3 Å². The second-order valence-electron chi connectivity index (χ2n) is 11.7. The van der Waals surface area contributed by atoms with Gasteiger partial charge in [-0.25, -0.2) is 0 Å². The van der Waals surface area contributed by atoms with Crippen molar-refractivity contribution in [1.82, 2.24) is 0 Å². The van der Waals surface area contributed by atoms with E-state index in [2.05, 4.69) is 87.2 Å². The van der Waals surface area contributed by atoms with Gasteiger partial charge in [0.15, 0.2) is 11.3 Å². The van der Waals surface area contributed by atoms with Crippen LogP contribution in [0.2, 0.25) is 0 Å². The van der Waals surface area contributed by atoms with Gasteiger partial charge in [0.25, 0.3) is 0 Å². The van der Waals surface area contributed by atoms with Gasteiger partial charge < -0.3 is 9.64 Å². The summed E-state index contributed by atoms with van der Waals surface area (Å²) < 4.78 is 5.86. The van der Waals surface area contributed by atoms with Gasteiger partial charge in [-0.05, 0) is 73.8 Å². The molecule has 1 aromatic carbocycles. The fraction of sp³-hybridized carbons (Fsp3) is 0.400. The Morgan fingerprint density at radius 2 is 1.57 bits per heavy atom. The third-order valence-electron chi connectivity index (χ3n) is 7.11. The molecule has 0 fully saturated rings. The minimum Gasteiger partial charge on any atom is -0.480 e. The molecule has 40 heavy (non-hydrogen) atoms. The van der Waals surface area contributed by atoms with Crippen LogP contribution in [0.1, 0.15) is 72.8 Å². The molecule has 2 aliphatic rings. The molecule has 5 heteroatoms. The summed E-state index contributed by atoms with van der Waals surface area (Å²) in [6.07, 6.45) is 16.7. The van der Waals surface area contributed by atoms with E-state index in [1.807, 2.05) is 38.1 Å². The van der Waals surface area contributed by atoms with E-state index >= 15 is 0 Å². The fourth-order valence-electron chi connectivity index (χ4n) is 5.38. The summed E-state index contributed by atoms with van der Waals surface area (Å²) in [4.78, 5) is 2.45. The van der Waals surface area contributed by atoms with Crippen LogP contribution in [0.4, 0.5) is 5.69 Å². The molecule has 0 aromatic heterocycles. The number of nitriles is 3. The molecule has 0 unspecified atom stereocenters. The number of allylic oxidation sites excluding steroid dienone is 8. The van der Waals surface area contributed by atoms with Gasteiger partial charge in [0, 0.05) is 24.4 Å². The smallest absolute Gasteiger partial charge is 0.172 e. The highest BCUT2D eigenvalue weighted by molar-refractivity contribution is 5.61. The number of anilines is 1. The maximum atomic E-state index is 9.76. The van der Waals surface area contributed by atoms with Crippen molar-refractivity contribution in [3.05, 3.63) is 93.8 Å². The van der Waals surface area contributed by atoms with Gasteiger partial charge in [0.1, 0.15) is 29.4 Å². The van der Waals surface area contributed by atoms with Crippen LogP contribution >= 0.6 is 0 Å². The molecule has 0 spiro atoms. The van der Waals surface area contributed by atoms with Gasteiger partial charge in [0.2, 0.25) is 0 Å². The largest absolute Gasteiger partial charge is 0.480 e. The Morgan fingerprint density at radius 3 is 2.15 bits per heavy atom. The average Bonchev–Trinajstić information content (AvgIpc) is 3.16. The third-order valence-corrected chi connectivity index (χ3v) is 7.11. The Hall–Kier alpha value is -4.27. The minimum absolute atomic E-state index is 0.0624. The number of rotatable bonds is 9. The zero-order chi connectivity index (χ0) is 29.3. The van der Waals surface area contributed by atoms with Gasteiger partial charge in [-0.2, -0.15) is 15.8 Å². The van der Waals surface area contributed by atoms with Gasteiger partial charge in [-0.1, -0.05) is 76.3 Å². The van der Waals surface area contributed by atoms with E-state index in [-0.39, 0.29) is 22.3 Å². The van der Waals surface area contributed by atoms with Crippen LogP contribution in [-0.2, 0) is 4.74 Å². The van der Waals surface area contributed by atoms with Crippen LogP contribution in [0.5, 0.6) is 0 Å². The minimum atomic E-state index is -0.816. The molecule has 1 aliphatic heterocycles. The number of hydrogen-bond donors (Lipinski definition) is 0. The molecule has 206 valence electrons. The highest BCUT2D eigenvalue weighted by Gasteiger charge is 2.38. The molecular weight excluding hydrogens is 492 g/mol. The summed E-state index contributed by atoms with van der Waals surface area (Å²) in [5.41, 5.74) is 4.96. The second-order valence-corrected chi connectivity index (χ2v) is 11.7. The Balaban J connectivity index is 1.85. The van der Waals surface area contributed by atoms with Crippen LogP contribution in [-0.4, -0.2) is 18.7 Å². The lowest BCUT2D eigenvalue weighted by Gasteiger charge is -2.30. The highest BCUT2D eigenvalue weighted by atomic mass is 16.5. The van der Waals surface area contributed by atoms with Crippen molar-refractivity contribution in [2.24, 2.45) is 5.41 Å². The van der Waals surface area contributed by atoms with Gasteiger partial charge in [0.05, 0.1) is 0 Å². The molecule has 3 rings (SSSR count). The van der Waals surface area contributed by atoms with Gasteiger partial charge in [-0.15, -0.1) is 0 Å². The predicted octanol–water partition coefficient (Wildman–Crippen LogP) is 8.49. The molecule has 1 aliphatic carbocycles. The Labute approximate surface area is 240 Å². The molecule has 0 radical (unpaired) electrons. The fourth-order valence-corrected chi connectivity index (χ4v) is 5.38. The maximum Gasteiger partial charge on any atom is 0.172 e. The van der Waals surface area contributed by atoms with Crippen molar-refractivity contribution in [3.63, 3.8) is 0 Å². The normalized spacial score (nSPS) is 18.8. The summed E-state index contributed by atoms with van der Waals surface area (Å²) >= 11 is 0. The van der Waals surface area contributed by atoms with Crippen molar-refractivity contribution in [3.8, 4) is 18.2 Å². The molecule has 0 atom stereocenters. The first kappa shape index (κ1) is 30.3. The van der Waals surface area contributed by atoms with E-state index in [0.717, 1.165) is 38.8 Å². The molecule has 0 saturated heterocycles. The molecule has 0 saturated carbocycles. The van der Waals surface area contributed by atoms with Crippen LogP contribution < -0.4 is 4.90 Å². The summed E-state index contributed by atoms with van der Waals surface area (Å²) in [6.45, 7) is 14.8. The monoisotopic (exact) mass is 532 g/mol. The van der Waals surface area contributed by atoms with E-state index in [1.165, 1.54) is 22.4 Å². The zero-order valence-electron chi connectivity index (χ0n) is 24.7. The number of benzene rings is 1. The first-order valence-electron chi connectivity index (χ1n) is 14.1. The summed E-state index contributed by atoms with van der Waals surface area (Å²) in [5.74, 6) is 0.0624. The Morgan fingerprint density at radius 1 is 0.925 bits per heavy atom. The van der Waals surface area contributed by atoms with E-state index in [0.29, 0.717) is 5.57 Å². The van der Waals surface area contributed by atoms with Crippen molar-refractivity contribution in [2.45, 2.75) is 72.8 Å². The topological polar surface area (TPSA) is 83.8 Å². The third kappa shape index (κ3) is 7.43. The van der Waals surface area contributed by atoms with Crippen LogP contribution in [0.3, 0.4) is 0 Å². The number of ether oxygens (including phenoxy) is 1. The lowest BCUT2D eigenvalue weighted by Crippen LogP contribution is -2.24. The zero-order valence-corrected chi connectivity index (χ0v) is 24.7. The van der Waals surface area contributed by atoms with Crippen molar-refractivity contribution in [1.29, 1.82) is 15.8 Å². The number of hydrogen-bond acceptors (Lipinski definition) is 5. The average molecular weight is 533 g/mol. The quantitative estimate of drug-likeness (QED) is 0.298. The molecule has 0 N–H and O–H groups in total. The molecule has 0 amide bonds. The number of nitrogens with zero attached hydrogens (tertiary/aromatic N) is 4. The molecule has 1 aromatic rings. The molecule has 5 nitrogen and oxygen atoms in total. The molecule has 1 heterocycles. The first-order valence-corrected chi connectivity index (χ1v) is 14.1. The lowest BCUT2D eigenvalue weighted by molar-refractivity contribution is 0.0954. The van der Waals surface area contributed by atoms with Gasteiger partial charge >= 0.3 is 0 Å². The van der Waals surface area contributed by atoms with Crippen molar-refractivity contribution in [2.75, 3.05) is 18.0 Å². The van der Waals surface area contributed by atoms with Gasteiger partial charge in [-0.3, -0.25) is 0 Å². The van der Waals surface area contributed by atoms with Crippen molar-refractivity contribution < 1.29 is 4.74 Å². The van der Waals surface area contributed by atoms with Crippen LogP contribution in [0, 0.1) is 39.4 Å². The summed E-state index contributed by atoms with van der Waals surface area (Å²) in [7, 11) is 0. The highest BCUT2D eigenvalue weighted by Crippen LogP contribution is 2.41. The Kier molecular flexibility index (Phi) is 9.98. The van der Waals surface area contributed by atoms with Crippen molar-refractivity contribution >= 4 is 11.8 Å². The van der Waals surface area contributed by atoms with E-state index in [9.17, 15) is 15.8 Å². The van der Waals surface area contributed by atoms with E-state index < -0.39 is 5.60 Å². The second kappa shape index (κ2) is 13.2. The first-order chi connectivity index (χ1) is 19.1. The summed E-state index contributed by atoms with van der Waals surface area (Å²) in [6, 6.07) is 14.6.